The summed E-state index contributed by atoms with van der Waals surface area (Å²) in [5, 5.41) is 14.6. The van der Waals surface area contributed by atoms with Gasteiger partial charge in [-0.15, -0.1) is 0 Å². The number of pyridine rings is 1. The van der Waals surface area contributed by atoms with Crippen molar-refractivity contribution in [3.05, 3.63) is 60.4 Å². The Hall–Kier alpha value is -4.84. The van der Waals surface area contributed by atoms with Crippen LogP contribution in [0.15, 0.2) is 49.0 Å². The second kappa shape index (κ2) is 16.1. The first-order chi connectivity index (χ1) is 21.4. The predicted molar refractivity (Wildman–Crippen MR) is 178 cm³/mol. The molecule has 2 amide bonds. The Bertz CT molecular complexity index is 1590. The number of nitrogens with one attached hydrogen (secondary N) is 4. The van der Waals surface area contributed by atoms with E-state index in [2.05, 4.69) is 47.7 Å². The second-order valence-corrected chi connectivity index (χ2v) is 10.6. The van der Waals surface area contributed by atoms with Crippen LogP contribution in [0.25, 0.3) is 27.9 Å². The molecule has 0 aliphatic rings. The number of carbonyl (C=O) groups excluding carboxylic acids is 2. The fourth-order valence-corrected chi connectivity index (χ4v) is 4.90. The first-order valence-electron chi connectivity index (χ1n) is 15.0. The maximum atomic E-state index is 13.3. The molecule has 0 unspecified atom stereocenters. The van der Waals surface area contributed by atoms with E-state index < -0.39 is 0 Å². The molecule has 0 aliphatic heterocycles. The highest BCUT2D eigenvalue weighted by Crippen LogP contribution is 2.32. The van der Waals surface area contributed by atoms with Crippen LogP contribution in [0, 0.1) is 0 Å². The van der Waals surface area contributed by atoms with Crippen LogP contribution in [-0.4, -0.2) is 83.0 Å². The fourth-order valence-electron chi connectivity index (χ4n) is 4.90. The molecule has 0 spiro atoms. The second-order valence-electron chi connectivity index (χ2n) is 10.6. The lowest BCUT2D eigenvalue weighted by Gasteiger charge is -2.17. The highest BCUT2D eigenvalue weighted by molar-refractivity contribution is 6.14. The zero-order chi connectivity index (χ0) is 31.3. The minimum Gasteiger partial charge on any atom is -0.384 e. The molecule has 0 radical (unpaired) electrons. The van der Waals surface area contributed by atoms with Crippen LogP contribution in [-0.2, 0) is 4.79 Å². The number of amides is 2. The third-order valence-electron chi connectivity index (χ3n) is 7.09. The third-order valence-corrected chi connectivity index (χ3v) is 7.09. The monoisotopic (exact) mass is 598 g/mol. The van der Waals surface area contributed by atoms with E-state index in [0.717, 1.165) is 67.3 Å². The minimum absolute atomic E-state index is 0.00928. The molecule has 44 heavy (non-hydrogen) atoms. The van der Waals surface area contributed by atoms with Gasteiger partial charge in [-0.05, 0) is 64.0 Å². The van der Waals surface area contributed by atoms with Gasteiger partial charge in [0.15, 0.2) is 5.82 Å². The van der Waals surface area contributed by atoms with Crippen LogP contribution in [0.3, 0.4) is 0 Å². The Morgan fingerprint density at radius 1 is 0.841 bits per heavy atom. The number of anilines is 3. The van der Waals surface area contributed by atoms with Crippen molar-refractivity contribution < 1.29 is 9.59 Å². The van der Waals surface area contributed by atoms with E-state index in [1.54, 1.807) is 0 Å². The van der Waals surface area contributed by atoms with Gasteiger partial charge in [0.05, 0.1) is 22.3 Å². The Balaban J connectivity index is 1.35. The molecule has 0 aliphatic carbocycles. The number of carbonyl (C=O) groups is 2. The number of hydrogen-bond acceptors (Lipinski definition) is 10. The van der Waals surface area contributed by atoms with Gasteiger partial charge in [0.2, 0.25) is 17.8 Å². The van der Waals surface area contributed by atoms with E-state index >= 15 is 0 Å². The molecule has 12 heteroatoms. The van der Waals surface area contributed by atoms with Gasteiger partial charge in [0.1, 0.15) is 0 Å². The number of benzene rings is 2. The predicted octanol–water partition coefficient (Wildman–Crippen LogP) is 3.68. The maximum absolute atomic E-state index is 13.3. The van der Waals surface area contributed by atoms with E-state index in [1.165, 1.54) is 13.0 Å². The number of para-hydroxylation sites is 2. The van der Waals surface area contributed by atoms with Crippen LogP contribution in [0.4, 0.5) is 17.6 Å². The van der Waals surface area contributed by atoms with Crippen molar-refractivity contribution in [3.8, 4) is 0 Å². The van der Waals surface area contributed by atoms with Crippen molar-refractivity contribution in [3.63, 3.8) is 0 Å². The maximum Gasteiger partial charge on any atom is 0.253 e. The van der Waals surface area contributed by atoms with E-state index in [1.807, 2.05) is 49.5 Å². The van der Waals surface area contributed by atoms with Crippen molar-refractivity contribution in [1.82, 2.24) is 35.5 Å². The van der Waals surface area contributed by atoms with E-state index in [0.29, 0.717) is 42.5 Å². The lowest BCUT2D eigenvalue weighted by Crippen LogP contribution is -2.30. The molecular weight excluding hydrogens is 556 g/mol. The third kappa shape index (κ3) is 9.08. The van der Waals surface area contributed by atoms with Crippen molar-refractivity contribution >= 4 is 57.3 Å². The summed E-state index contributed by atoms with van der Waals surface area (Å²) in [5.41, 5.74) is 8.76. The van der Waals surface area contributed by atoms with E-state index in [4.69, 9.17) is 10.7 Å². The van der Waals surface area contributed by atoms with Gasteiger partial charge in [-0.3, -0.25) is 9.59 Å². The van der Waals surface area contributed by atoms with Crippen molar-refractivity contribution in [1.29, 1.82) is 0 Å². The van der Waals surface area contributed by atoms with Crippen molar-refractivity contribution in [2.24, 2.45) is 0 Å². The lowest BCUT2D eigenvalue weighted by atomic mass is 10.0. The quantitative estimate of drug-likeness (QED) is 0.0895. The molecule has 6 N–H and O–H groups in total. The first-order valence-corrected chi connectivity index (χ1v) is 15.0. The molecule has 0 bridgehead atoms. The average molecular weight is 599 g/mol. The number of nitrogens with two attached hydrogens (primary N) is 1. The summed E-state index contributed by atoms with van der Waals surface area (Å²) in [4.78, 5) is 43.8. The van der Waals surface area contributed by atoms with Gasteiger partial charge in [0, 0.05) is 43.9 Å². The summed E-state index contributed by atoms with van der Waals surface area (Å²) in [7, 11) is 2.05. The van der Waals surface area contributed by atoms with Gasteiger partial charge in [-0.1, -0.05) is 36.9 Å². The minimum atomic E-state index is -0.137. The van der Waals surface area contributed by atoms with Crippen molar-refractivity contribution in [2.45, 2.75) is 32.6 Å². The van der Waals surface area contributed by atoms with Crippen LogP contribution < -0.4 is 27.0 Å². The summed E-state index contributed by atoms with van der Waals surface area (Å²) in [6, 6.07) is 13.7. The Kier molecular flexibility index (Phi) is 11.8. The van der Waals surface area contributed by atoms with E-state index in [-0.39, 0.29) is 17.8 Å². The summed E-state index contributed by atoms with van der Waals surface area (Å²) < 4.78 is 0. The summed E-state index contributed by atoms with van der Waals surface area (Å²) in [5.74, 6) is 0.878. The Labute approximate surface area is 258 Å². The van der Waals surface area contributed by atoms with Gasteiger partial charge >= 0.3 is 0 Å². The highest BCUT2D eigenvalue weighted by Gasteiger charge is 2.16. The zero-order valence-electron chi connectivity index (χ0n) is 25.5. The summed E-state index contributed by atoms with van der Waals surface area (Å²) >= 11 is 0. The average Bonchev–Trinajstić information content (AvgIpc) is 3.01. The highest BCUT2D eigenvalue weighted by atomic mass is 16.2. The molecule has 2 aromatic heterocycles. The molecule has 4 aromatic rings. The van der Waals surface area contributed by atoms with Gasteiger partial charge in [0.25, 0.3) is 5.91 Å². The molecule has 0 saturated heterocycles. The smallest absolute Gasteiger partial charge is 0.253 e. The molecule has 0 saturated carbocycles. The molecule has 2 aromatic carbocycles. The number of nitrogen functional groups attached to an aromatic ring is 1. The van der Waals surface area contributed by atoms with Gasteiger partial charge in [-0.25, -0.2) is 4.98 Å². The Morgan fingerprint density at radius 2 is 1.55 bits per heavy atom. The molecule has 0 fully saturated rings. The van der Waals surface area contributed by atoms with E-state index in [9.17, 15) is 9.59 Å². The van der Waals surface area contributed by atoms with Crippen LogP contribution in [0.2, 0.25) is 0 Å². The number of nitrogens with zero attached hydrogens (tertiary/aromatic N) is 5. The largest absolute Gasteiger partial charge is 0.384 e. The zero-order valence-corrected chi connectivity index (χ0v) is 25.5. The van der Waals surface area contributed by atoms with Gasteiger partial charge < -0.3 is 31.9 Å². The summed E-state index contributed by atoms with van der Waals surface area (Å²) in [6.07, 6.45) is 5.01. The Morgan fingerprint density at radius 3 is 2.30 bits per heavy atom. The number of rotatable bonds is 17. The number of aromatic nitrogens is 4. The molecule has 0 atom stereocenters. The van der Waals surface area contributed by atoms with Crippen LogP contribution in [0.1, 0.15) is 48.8 Å². The SMILES string of the molecule is C=Cc1nc(N)nc(NCCCCNc2c3ccccc3nc3c(C(=O)NCCCN(C)CCCNC(C)=O)cccc23)n1. The molecular formula is C32H42N10O2. The fraction of sp³-hybridized carbons (Fsp3) is 0.375. The number of hydrogen-bond donors (Lipinski definition) is 5. The van der Waals surface area contributed by atoms with Crippen molar-refractivity contribution in [2.75, 3.05) is 62.7 Å². The summed E-state index contributed by atoms with van der Waals surface area (Å²) in [6.45, 7) is 9.57. The lowest BCUT2D eigenvalue weighted by molar-refractivity contribution is -0.118. The first kappa shape index (κ1) is 32.1. The molecule has 232 valence electrons. The molecule has 12 nitrogen and oxygen atoms in total. The molecule has 4 rings (SSSR count). The van der Waals surface area contributed by atoms with Gasteiger partial charge in [-0.2, -0.15) is 15.0 Å². The standard InChI is InChI=1S/C32H42N10O2/c1-4-27-39-31(33)41-32(40-27)37-17-8-7-16-35-28-23-12-5-6-15-26(23)38-29-24(28)13-9-14-25(29)30(44)36-19-11-21-42(3)20-10-18-34-22(2)43/h4-6,9,12-15H,1,7-8,10-11,16-21H2,2-3H3,(H,34,43)(H,35,38)(H,36,44)(H3,33,37,39,40,41). The normalized spacial score (nSPS) is 11.1. The van der Waals surface area contributed by atoms with Crippen LogP contribution in [0.5, 0.6) is 0 Å². The number of fused-ring (bicyclic) bond motifs is 2. The molecule has 2 heterocycles. The van der Waals surface area contributed by atoms with Crippen LogP contribution >= 0.6 is 0 Å². The topological polar surface area (TPSA) is 163 Å². The number of unbranched alkanes of at least 4 members (excludes halogenated alkanes) is 1.